The smallest absolute Gasteiger partial charge is 0.342 e. The van der Waals surface area contributed by atoms with Gasteiger partial charge in [0.05, 0.1) is 4.90 Å². The molecule has 0 saturated heterocycles. The van der Waals surface area contributed by atoms with E-state index in [2.05, 4.69) is 5.32 Å². The molecule has 3 N–H and O–H groups in total. The maximum atomic E-state index is 11.9. The lowest BCUT2D eigenvalue weighted by atomic mass is 10.1. The fourth-order valence-electron chi connectivity index (χ4n) is 2.29. The highest BCUT2D eigenvalue weighted by atomic mass is 32.2. The molecule has 1 aromatic heterocycles. The van der Waals surface area contributed by atoms with E-state index in [9.17, 15) is 18.0 Å². The zero-order valence-corrected chi connectivity index (χ0v) is 15.3. The molecule has 26 heavy (non-hydrogen) atoms. The Morgan fingerprint density at radius 2 is 1.85 bits per heavy atom. The van der Waals surface area contributed by atoms with Crippen LogP contribution in [0.5, 0.6) is 0 Å². The molecular formula is C17H20N2O6S. The van der Waals surface area contributed by atoms with Crippen LogP contribution in [-0.4, -0.2) is 33.4 Å². The fourth-order valence-corrected chi connectivity index (χ4v) is 2.80. The summed E-state index contributed by atoms with van der Waals surface area (Å²) in [7, 11) is -3.72. The molecule has 0 spiro atoms. The topological polar surface area (TPSA) is 129 Å². The van der Waals surface area contributed by atoms with Crippen molar-refractivity contribution in [3.63, 3.8) is 0 Å². The van der Waals surface area contributed by atoms with E-state index < -0.39 is 28.5 Å². The first-order valence-corrected chi connectivity index (χ1v) is 9.34. The van der Waals surface area contributed by atoms with Gasteiger partial charge in [0.25, 0.3) is 5.91 Å². The van der Waals surface area contributed by atoms with Gasteiger partial charge in [0.1, 0.15) is 17.1 Å². The minimum atomic E-state index is -3.72. The second-order valence-electron chi connectivity index (χ2n) is 5.69. The van der Waals surface area contributed by atoms with Crippen LogP contribution in [0.2, 0.25) is 0 Å². The maximum absolute atomic E-state index is 11.9. The van der Waals surface area contributed by atoms with Crippen LogP contribution in [0.25, 0.3) is 0 Å². The van der Waals surface area contributed by atoms with Crippen LogP contribution in [0.4, 0.5) is 0 Å². The van der Waals surface area contributed by atoms with Gasteiger partial charge < -0.3 is 14.5 Å². The Balaban J connectivity index is 1.75. The molecule has 0 saturated carbocycles. The lowest BCUT2D eigenvalue weighted by Crippen LogP contribution is -2.30. The number of sulfonamides is 1. The van der Waals surface area contributed by atoms with Gasteiger partial charge in [0.2, 0.25) is 10.0 Å². The number of carbonyl (C=O) groups is 2. The summed E-state index contributed by atoms with van der Waals surface area (Å²) in [6.45, 7) is 3.28. The molecule has 0 radical (unpaired) electrons. The molecule has 0 unspecified atom stereocenters. The molecule has 9 heteroatoms. The first-order valence-electron chi connectivity index (χ1n) is 7.79. The average Bonchev–Trinajstić information content (AvgIpc) is 2.91. The van der Waals surface area contributed by atoms with E-state index in [1.807, 2.05) is 0 Å². The number of ether oxygens (including phenoxy) is 1. The van der Waals surface area contributed by atoms with Gasteiger partial charge in [0.15, 0.2) is 6.61 Å². The van der Waals surface area contributed by atoms with Crippen molar-refractivity contribution in [3.8, 4) is 0 Å². The van der Waals surface area contributed by atoms with E-state index in [-0.39, 0.29) is 4.90 Å². The number of furan rings is 1. The molecule has 8 nitrogen and oxygen atoms in total. The quantitative estimate of drug-likeness (QED) is 0.691. The summed E-state index contributed by atoms with van der Waals surface area (Å²) >= 11 is 0. The van der Waals surface area contributed by atoms with Crippen LogP contribution in [0, 0.1) is 13.8 Å². The van der Waals surface area contributed by atoms with Gasteiger partial charge in [-0.15, -0.1) is 0 Å². The minimum Gasteiger partial charge on any atom is -0.466 e. The van der Waals surface area contributed by atoms with Crippen molar-refractivity contribution in [2.45, 2.75) is 25.2 Å². The van der Waals surface area contributed by atoms with Gasteiger partial charge in [-0.25, -0.2) is 18.4 Å². The number of hydrogen-bond acceptors (Lipinski definition) is 6. The summed E-state index contributed by atoms with van der Waals surface area (Å²) in [5.41, 5.74) is 1.13. The zero-order valence-electron chi connectivity index (χ0n) is 14.4. The number of aryl methyl sites for hydroxylation is 2. The zero-order chi connectivity index (χ0) is 19.3. The number of hydrogen-bond donors (Lipinski definition) is 2. The summed E-state index contributed by atoms with van der Waals surface area (Å²) in [4.78, 5) is 23.6. The fraction of sp³-hybridized carbons (Fsp3) is 0.294. The number of nitrogens with two attached hydrogens (primary N) is 1. The van der Waals surface area contributed by atoms with Gasteiger partial charge in [0, 0.05) is 6.54 Å². The van der Waals surface area contributed by atoms with Crippen molar-refractivity contribution in [1.29, 1.82) is 0 Å². The standard InChI is InChI=1S/C17H20N2O6S/c1-11-9-15(12(2)25-11)17(21)24-10-16(20)19-8-7-13-3-5-14(6-4-13)26(18,22)23/h3-6,9H,7-8,10H2,1-2H3,(H,19,20)(H2,18,22,23). The molecule has 1 aromatic carbocycles. The van der Waals surface area contributed by atoms with Crippen LogP contribution >= 0.6 is 0 Å². The third-order valence-electron chi connectivity index (χ3n) is 3.58. The first kappa shape index (κ1) is 19.7. The van der Waals surface area contributed by atoms with Crippen molar-refractivity contribution < 1.29 is 27.2 Å². The van der Waals surface area contributed by atoms with Gasteiger partial charge in [-0.2, -0.15) is 0 Å². The van der Waals surface area contributed by atoms with E-state index in [1.54, 1.807) is 32.0 Å². The SMILES string of the molecule is Cc1cc(C(=O)OCC(=O)NCCc2ccc(S(N)(=O)=O)cc2)c(C)o1. The molecule has 140 valence electrons. The molecule has 0 aliphatic rings. The Morgan fingerprint density at radius 1 is 1.19 bits per heavy atom. The number of nitrogens with one attached hydrogen (secondary N) is 1. The van der Waals surface area contributed by atoms with Crippen LogP contribution in [0.3, 0.4) is 0 Å². The Labute approximate surface area is 151 Å². The molecule has 0 fully saturated rings. The molecule has 1 amide bonds. The maximum Gasteiger partial charge on any atom is 0.342 e. The van der Waals surface area contributed by atoms with Crippen molar-refractivity contribution in [2.24, 2.45) is 5.14 Å². The number of primary sulfonamides is 1. The second-order valence-corrected chi connectivity index (χ2v) is 7.25. The second kappa shape index (κ2) is 8.15. The molecule has 2 aromatic rings. The van der Waals surface area contributed by atoms with E-state index >= 15 is 0 Å². The Bertz CT molecular complexity index is 900. The number of rotatable bonds is 7. The predicted molar refractivity (Wildman–Crippen MR) is 93.0 cm³/mol. The Hall–Kier alpha value is -2.65. The van der Waals surface area contributed by atoms with E-state index in [4.69, 9.17) is 14.3 Å². The summed E-state index contributed by atoms with van der Waals surface area (Å²) in [5.74, 6) is -0.0198. The van der Waals surface area contributed by atoms with Crippen molar-refractivity contribution in [1.82, 2.24) is 5.32 Å². The van der Waals surface area contributed by atoms with Gasteiger partial charge in [-0.3, -0.25) is 4.79 Å². The number of esters is 1. The molecule has 0 bridgehead atoms. The summed E-state index contributed by atoms with van der Waals surface area (Å²) in [6, 6.07) is 7.61. The number of amides is 1. The third kappa shape index (κ3) is 5.43. The molecular weight excluding hydrogens is 360 g/mol. The third-order valence-corrected chi connectivity index (χ3v) is 4.51. The number of benzene rings is 1. The largest absolute Gasteiger partial charge is 0.466 e. The first-order chi connectivity index (χ1) is 12.2. The Kier molecular flexibility index (Phi) is 6.17. The Morgan fingerprint density at radius 3 is 2.38 bits per heavy atom. The summed E-state index contributed by atoms with van der Waals surface area (Å²) in [6.07, 6.45) is 0.491. The van der Waals surface area contributed by atoms with E-state index in [0.29, 0.717) is 30.0 Å². The van der Waals surface area contributed by atoms with Gasteiger partial charge in [-0.05, 0) is 44.0 Å². The van der Waals surface area contributed by atoms with E-state index in [0.717, 1.165) is 5.56 Å². The average molecular weight is 380 g/mol. The van der Waals surface area contributed by atoms with Crippen LogP contribution in [-0.2, 0) is 26.0 Å². The van der Waals surface area contributed by atoms with Gasteiger partial charge >= 0.3 is 5.97 Å². The van der Waals surface area contributed by atoms with Crippen LogP contribution < -0.4 is 10.5 Å². The predicted octanol–water partition coefficient (Wildman–Crippen LogP) is 1.06. The lowest BCUT2D eigenvalue weighted by Gasteiger charge is -2.07. The highest BCUT2D eigenvalue weighted by molar-refractivity contribution is 7.89. The molecule has 2 rings (SSSR count). The molecule has 0 atom stereocenters. The summed E-state index contributed by atoms with van der Waals surface area (Å²) in [5, 5.41) is 7.65. The van der Waals surface area contributed by atoms with E-state index in [1.165, 1.54) is 12.1 Å². The van der Waals surface area contributed by atoms with Crippen molar-refractivity contribution in [3.05, 3.63) is 53.0 Å². The monoisotopic (exact) mass is 380 g/mol. The van der Waals surface area contributed by atoms with Crippen molar-refractivity contribution >= 4 is 21.9 Å². The molecule has 1 heterocycles. The lowest BCUT2D eigenvalue weighted by molar-refractivity contribution is -0.124. The van der Waals surface area contributed by atoms with Gasteiger partial charge in [-0.1, -0.05) is 12.1 Å². The highest BCUT2D eigenvalue weighted by Gasteiger charge is 2.16. The summed E-state index contributed by atoms with van der Waals surface area (Å²) < 4.78 is 32.5. The minimum absolute atomic E-state index is 0.0296. The van der Waals surface area contributed by atoms with Crippen LogP contribution in [0.15, 0.2) is 39.6 Å². The number of carbonyl (C=O) groups excluding carboxylic acids is 2. The highest BCUT2D eigenvalue weighted by Crippen LogP contribution is 2.14. The van der Waals surface area contributed by atoms with Crippen LogP contribution in [0.1, 0.15) is 27.4 Å². The molecule has 0 aliphatic heterocycles. The molecule has 0 aliphatic carbocycles. The van der Waals surface area contributed by atoms with Crippen molar-refractivity contribution in [2.75, 3.05) is 13.2 Å². The normalized spacial score (nSPS) is 11.2.